The third kappa shape index (κ3) is 7.17. The van der Waals surface area contributed by atoms with Crippen LogP contribution in [0.2, 0.25) is 0 Å². The summed E-state index contributed by atoms with van der Waals surface area (Å²) in [6, 6.07) is 13.0. The molecule has 1 saturated heterocycles. The van der Waals surface area contributed by atoms with Gasteiger partial charge < -0.3 is 20.3 Å². The van der Waals surface area contributed by atoms with Crippen molar-refractivity contribution in [3.63, 3.8) is 0 Å². The van der Waals surface area contributed by atoms with Gasteiger partial charge in [-0.3, -0.25) is 4.90 Å². The van der Waals surface area contributed by atoms with Gasteiger partial charge in [0.1, 0.15) is 5.82 Å². The van der Waals surface area contributed by atoms with E-state index in [1.807, 2.05) is 43.0 Å². The summed E-state index contributed by atoms with van der Waals surface area (Å²) in [7, 11) is 0. The van der Waals surface area contributed by atoms with Gasteiger partial charge in [0.05, 0.1) is 17.9 Å². The standard InChI is InChI=1S/C26H37FN4O2/c1-5-30(6-2)18-23-10-8-7-9-22(23)15-29-26(32)28-14-21-11-12-25(24(27)13-21)31-16-19(3)33-20(4)17-31/h7-13,19-20H,5-6,14-18H2,1-4H3,(H2,28,29,32)/t19-,20-/m1/s1. The highest BCUT2D eigenvalue weighted by atomic mass is 19.1. The first-order valence-corrected chi connectivity index (χ1v) is 11.9. The molecule has 0 bridgehead atoms. The Hall–Kier alpha value is -2.64. The van der Waals surface area contributed by atoms with Crippen LogP contribution in [-0.4, -0.2) is 49.3 Å². The average molecular weight is 457 g/mol. The summed E-state index contributed by atoms with van der Waals surface area (Å²) in [6.45, 7) is 13.2. The molecule has 2 atom stereocenters. The fraction of sp³-hybridized carbons (Fsp3) is 0.500. The number of urea groups is 1. The second kappa shape index (κ2) is 12.0. The van der Waals surface area contributed by atoms with Crippen molar-refractivity contribution in [3.8, 4) is 0 Å². The van der Waals surface area contributed by atoms with Gasteiger partial charge in [-0.1, -0.05) is 44.2 Å². The van der Waals surface area contributed by atoms with E-state index in [0.29, 0.717) is 25.3 Å². The van der Waals surface area contributed by atoms with Crippen molar-refractivity contribution >= 4 is 11.7 Å². The lowest BCUT2D eigenvalue weighted by atomic mass is 10.1. The molecule has 2 aromatic rings. The first kappa shape index (κ1) is 25.0. The van der Waals surface area contributed by atoms with Crippen molar-refractivity contribution in [2.45, 2.75) is 59.5 Å². The molecule has 33 heavy (non-hydrogen) atoms. The molecule has 3 rings (SSSR count). The first-order valence-electron chi connectivity index (χ1n) is 11.9. The predicted molar refractivity (Wildman–Crippen MR) is 131 cm³/mol. The van der Waals surface area contributed by atoms with Gasteiger partial charge in [0, 0.05) is 32.7 Å². The number of anilines is 1. The van der Waals surface area contributed by atoms with Gasteiger partial charge in [0.15, 0.2) is 0 Å². The summed E-state index contributed by atoms with van der Waals surface area (Å²) in [6.07, 6.45) is 0.130. The van der Waals surface area contributed by atoms with E-state index >= 15 is 0 Å². The SMILES string of the molecule is CCN(CC)Cc1ccccc1CNC(=O)NCc1ccc(N2C[C@@H](C)O[C@H](C)C2)c(F)c1. The molecular weight excluding hydrogens is 419 g/mol. The van der Waals surface area contributed by atoms with Crippen LogP contribution in [0.4, 0.5) is 14.9 Å². The Bertz CT molecular complexity index is 909. The number of nitrogens with zero attached hydrogens (tertiary/aromatic N) is 2. The van der Waals surface area contributed by atoms with Crippen molar-refractivity contribution in [2.75, 3.05) is 31.1 Å². The molecule has 2 N–H and O–H groups in total. The Morgan fingerprint density at radius 1 is 1.03 bits per heavy atom. The summed E-state index contributed by atoms with van der Waals surface area (Å²) in [5.74, 6) is -0.277. The summed E-state index contributed by atoms with van der Waals surface area (Å²) >= 11 is 0. The Morgan fingerprint density at radius 3 is 2.30 bits per heavy atom. The predicted octanol–water partition coefficient (Wildman–Crippen LogP) is 4.28. The lowest BCUT2D eigenvalue weighted by Crippen LogP contribution is -2.45. The molecule has 2 amide bonds. The molecule has 1 aliphatic heterocycles. The van der Waals surface area contributed by atoms with E-state index in [1.54, 1.807) is 6.07 Å². The number of hydrogen-bond donors (Lipinski definition) is 2. The second-order valence-corrected chi connectivity index (χ2v) is 8.71. The number of morpholine rings is 1. The Balaban J connectivity index is 1.52. The maximum absolute atomic E-state index is 14.8. The maximum Gasteiger partial charge on any atom is 0.315 e. The second-order valence-electron chi connectivity index (χ2n) is 8.71. The first-order chi connectivity index (χ1) is 15.9. The molecule has 0 aliphatic carbocycles. The van der Waals surface area contributed by atoms with Crippen molar-refractivity contribution in [2.24, 2.45) is 0 Å². The molecule has 2 aromatic carbocycles. The van der Waals surface area contributed by atoms with Gasteiger partial charge in [-0.15, -0.1) is 0 Å². The van der Waals surface area contributed by atoms with E-state index in [2.05, 4.69) is 35.4 Å². The molecule has 1 fully saturated rings. The van der Waals surface area contributed by atoms with Crippen LogP contribution in [0.15, 0.2) is 42.5 Å². The number of rotatable bonds is 9. The highest BCUT2D eigenvalue weighted by Crippen LogP contribution is 2.24. The third-order valence-electron chi connectivity index (χ3n) is 6.07. The number of benzene rings is 2. The minimum atomic E-state index is -0.277. The number of halogens is 1. The molecule has 0 unspecified atom stereocenters. The number of carbonyl (C=O) groups is 1. The molecule has 1 aliphatic rings. The highest BCUT2D eigenvalue weighted by Gasteiger charge is 2.24. The zero-order valence-corrected chi connectivity index (χ0v) is 20.2. The molecule has 1 heterocycles. The van der Waals surface area contributed by atoms with E-state index in [-0.39, 0.29) is 30.6 Å². The van der Waals surface area contributed by atoms with E-state index in [0.717, 1.165) is 30.8 Å². The van der Waals surface area contributed by atoms with E-state index in [9.17, 15) is 9.18 Å². The highest BCUT2D eigenvalue weighted by molar-refractivity contribution is 5.73. The van der Waals surface area contributed by atoms with E-state index in [1.165, 1.54) is 11.6 Å². The maximum atomic E-state index is 14.8. The van der Waals surface area contributed by atoms with Gasteiger partial charge >= 0.3 is 6.03 Å². The summed E-state index contributed by atoms with van der Waals surface area (Å²) in [5, 5.41) is 5.75. The average Bonchev–Trinajstić information content (AvgIpc) is 2.79. The van der Waals surface area contributed by atoms with Crippen LogP contribution in [0.25, 0.3) is 0 Å². The van der Waals surface area contributed by atoms with Crippen molar-refractivity contribution < 1.29 is 13.9 Å². The van der Waals surface area contributed by atoms with Crippen LogP contribution in [0.3, 0.4) is 0 Å². The minimum absolute atomic E-state index is 0.0651. The van der Waals surface area contributed by atoms with Gasteiger partial charge in [-0.05, 0) is 55.8 Å². The Labute approximate surface area is 197 Å². The molecular formula is C26H37FN4O2. The number of nitrogens with one attached hydrogen (secondary N) is 2. The molecule has 180 valence electrons. The molecule has 0 aromatic heterocycles. The zero-order chi connectivity index (χ0) is 23.8. The monoisotopic (exact) mass is 456 g/mol. The Kier molecular flexibility index (Phi) is 9.09. The summed E-state index contributed by atoms with van der Waals surface area (Å²) in [4.78, 5) is 16.7. The molecule has 0 saturated carbocycles. The molecule has 0 radical (unpaired) electrons. The molecule has 7 heteroatoms. The largest absolute Gasteiger partial charge is 0.372 e. The van der Waals surface area contributed by atoms with Gasteiger partial charge in [0.25, 0.3) is 0 Å². The third-order valence-corrected chi connectivity index (χ3v) is 6.07. The smallest absolute Gasteiger partial charge is 0.315 e. The van der Waals surface area contributed by atoms with Gasteiger partial charge in [0.2, 0.25) is 0 Å². The quantitative estimate of drug-likeness (QED) is 0.591. The van der Waals surface area contributed by atoms with Crippen LogP contribution in [0, 0.1) is 5.82 Å². The van der Waals surface area contributed by atoms with Crippen LogP contribution in [-0.2, 0) is 24.4 Å². The molecule has 6 nitrogen and oxygen atoms in total. The lowest BCUT2D eigenvalue weighted by Gasteiger charge is -2.37. The minimum Gasteiger partial charge on any atom is -0.372 e. The number of ether oxygens (including phenoxy) is 1. The fourth-order valence-electron chi connectivity index (χ4n) is 4.28. The van der Waals surface area contributed by atoms with E-state index in [4.69, 9.17) is 4.74 Å². The number of hydrogen-bond acceptors (Lipinski definition) is 4. The summed E-state index contributed by atoms with van der Waals surface area (Å²) in [5.41, 5.74) is 3.62. The lowest BCUT2D eigenvalue weighted by molar-refractivity contribution is -0.00539. The van der Waals surface area contributed by atoms with Gasteiger partial charge in [-0.25, -0.2) is 9.18 Å². The fourth-order valence-corrected chi connectivity index (χ4v) is 4.28. The van der Waals surface area contributed by atoms with E-state index < -0.39 is 0 Å². The van der Waals surface area contributed by atoms with Crippen LogP contribution < -0.4 is 15.5 Å². The topological polar surface area (TPSA) is 56.8 Å². The van der Waals surface area contributed by atoms with Gasteiger partial charge in [-0.2, -0.15) is 0 Å². The van der Waals surface area contributed by atoms with Crippen molar-refractivity contribution in [1.29, 1.82) is 0 Å². The van der Waals surface area contributed by atoms with Crippen LogP contribution in [0.5, 0.6) is 0 Å². The van der Waals surface area contributed by atoms with Crippen molar-refractivity contribution in [1.82, 2.24) is 15.5 Å². The number of carbonyl (C=O) groups excluding carboxylic acids is 1. The van der Waals surface area contributed by atoms with Crippen LogP contribution in [0.1, 0.15) is 44.4 Å². The zero-order valence-electron chi connectivity index (χ0n) is 20.2. The summed E-state index contributed by atoms with van der Waals surface area (Å²) < 4.78 is 20.5. The van der Waals surface area contributed by atoms with Crippen molar-refractivity contribution in [3.05, 3.63) is 65.0 Å². The normalized spacial score (nSPS) is 18.4. The Morgan fingerprint density at radius 2 is 1.67 bits per heavy atom. The molecule has 0 spiro atoms. The van der Waals surface area contributed by atoms with Crippen LogP contribution >= 0.6 is 0 Å². The number of amides is 2.